The van der Waals surface area contributed by atoms with Crippen molar-refractivity contribution in [3.05, 3.63) is 28.8 Å². The van der Waals surface area contributed by atoms with Gasteiger partial charge in [0, 0.05) is 22.7 Å². The Hall–Kier alpha value is -1.55. The number of hydrogen-bond acceptors (Lipinski definition) is 3. The second-order valence-corrected chi connectivity index (χ2v) is 3.48. The van der Waals surface area contributed by atoms with Gasteiger partial charge in [0.05, 0.1) is 6.42 Å². The lowest BCUT2D eigenvalue weighted by molar-refractivity contribution is -0.136. The Morgan fingerprint density at radius 2 is 2.00 bits per heavy atom. The van der Waals surface area contributed by atoms with Crippen LogP contribution in [0.5, 0.6) is 0 Å². The number of carbonyl (C=O) groups excluding carboxylic acids is 1. The monoisotopic (exact) mass is 227 g/mol. The Labute approximate surface area is 91.7 Å². The summed E-state index contributed by atoms with van der Waals surface area (Å²) in [7, 11) is 0. The third-order valence-corrected chi connectivity index (χ3v) is 2.12. The summed E-state index contributed by atoms with van der Waals surface area (Å²) in [5, 5.41) is 8.83. The molecule has 0 spiro atoms. The fraction of sp³-hybridized carbons (Fsp3) is 0.200. The molecule has 1 rings (SSSR count). The number of nitrogens with two attached hydrogens (primary N) is 1. The van der Waals surface area contributed by atoms with Gasteiger partial charge in [-0.25, -0.2) is 0 Å². The summed E-state index contributed by atoms with van der Waals surface area (Å²) in [6, 6.07) is 4.54. The number of ketones is 1. The highest BCUT2D eigenvalue weighted by Gasteiger charge is 2.11. The van der Waals surface area contributed by atoms with Crippen LogP contribution in [0.4, 0.5) is 5.69 Å². The molecule has 0 atom stereocenters. The summed E-state index contributed by atoms with van der Waals surface area (Å²) >= 11 is 5.70. The summed E-state index contributed by atoms with van der Waals surface area (Å²) in [6.07, 6.45) is -0.273. The van der Waals surface area contributed by atoms with E-state index in [9.17, 15) is 9.59 Å². The lowest BCUT2D eigenvalue weighted by Crippen LogP contribution is -2.06. The van der Waals surface area contributed by atoms with E-state index in [0.29, 0.717) is 10.7 Å². The van der Waals surface area contributed by atoms with Crippen LogP contribution in [-0.4, -0.2) is 16.9 Å². The minimum absolute atomic E-state index is 0.0696. The number of benzene rings is 1. The summed E-state index contributed by atoms with van der Waals surface area (Å²) in [5.74, 6) is -1.32. The molecule has 5 heteroatoms. The Morgan fingerprint density at radius 1 is 1.33 bits per heavy atom. The maximum Gasteiger partial charge on any atom is 0.303 e. The molecular formula is C10H10ClNO3. The zero-order valence-corrected chi connectivity index (χ0v) is 8.62. The number of nitrogen functional groups attached to an aromatic ring is 1. The average molecular weight is 228 g/mol. The molecule has 0 saturated heterocycles. The highest BCUT2D eigenvalue weighted by molar-refractivity contribution is 6.31. The number of carbonyl (C=O) groups is 2. The van der Waals surface area contributed by atoms with Gasteiger partial charge in [-0.05, 0) is 18.2 Å². The predicted molar refractivity (Wildman–Crippen MR) is 57.1 cm³/mol. The van der Waals surface area contributed by atoms with Crippen LogP contribution in [0.1, 0.15) is 23.2 Å². The molecule has 0 saturated carbocycles. The van der Waals surface area contributed by atoms with Crippen LogP contribution in [0.2, 0.25) is 5.02 Å². The Balaban J connectivity index is 2.81. The molecule has 0 fully saturated rings. The number of rotatable bonds is 4. The topological polar surface area (TPSA) is 80.4 Å². The van der Waals surface area contributed by atoms with E-state index in [1.807, 2.05) is 0 Å². The normalized spacial score (nSPS) is 9.93. The van der Waals surface area contributed by atoms with Crippen LogP contribution in [0.25, 0.3) is 0 Å². The SMILES string of the molecule is Nc1ccc(Cl)cc1C(=O)CCC(=O)O. The summed E-state index contributed by atoms with van der Waals surface area (Å²) in [4.78, 5) is 21.8. The van der Waals surface area contributed by atoms with E-state index in [0.717, 1.165) is 0 Å². The fourth-order valence-electron chi connectivity index (χ4n) is 1.13. The van der Waals surface area contributed by atoms with E-state index in [4.69, 9.17) is 22.4 Å². The molecule has 0 aliphatic heterocycles. The molecule has 80 valence electrons. The van der Waals surface area contributed by atoms with Gasteiger partial charge < -0.3 is 10.8 Å². The van der Waals surface area contributed by atoms with Gasteiger partial charge in [-0.2, -0.15) is 0 Å². The van der Waals surface area contributed by atoms with E-state index in [1.165, 1.54) is 12.1 Å². The maximum absolute atomic E-state index is 11.5. The first-order chi connectivity index (χ1) is 7.00. The van der Waals surface area contributed by atoms with Crippen LogP contribution in [0, 0.1) is 0 Å². The van der Waals surface area contributed by atoms with Crippen molar-refractivity contribution in [1.82, 2.24) is 0 Å². The smallest absolute Gasteiger partial charge is 0.303 e. The number of hydrogen-bond donors (Lipinski definition) is 2. The molecule has 0 heterocycles. The summed E-state index contributed by atoms with van der Waals surface area (Å²) < 4.78 is 0. The molecule has 1 aromatic carbocycles. The van der Waals surface area contributed by atoms with Gasteiger partial charge in [0.25, 0.3) is 0 Å². The fourth-order valence-corrected chi connectivity index (χ4v) is 1.30. The molecule has 15 heavy (non-hydrogen) atoms. The number of anilines is 1. The van der Waals surface area contributed by atoms with E-state index in [1.54, 1.807) is 6.07 Å². The second kappa shape index (κ2) is 4.79. The van der Waals surface area contributed by atoms with Gasteiger partial charge in [0.2, 0.25) is 0 Å². The van der Waals surface area contributed by atoms with Crippen molar-refractivity contribution >= 4 is 29.0 Å². The second-order valence-electron chi connectivity index (χ2n) is 3.05. The van der Waals surface area contributed by atoms with E-state index in [-0.39, 0.29) is 24.2 Å². The zero-order chi connectivity index (χ0) is 11.4. The number of aliphatic carboxylic acids is 1. The van der Waals surface area contributed by atoms with Crippen LogP contribution in [0.15, 0.2) is 18.2 Å². The first-order valence-corrected chi connectivity index (χ1v) is 4.68. The minimum atomic E-state index is -1.01. The number of halogens is 1. The van der Waals surface area contributed by atoms with Crippen molar-refractivity contribution in [1.29, 1.82) is 0 Å². The summed E-state index contributed by atoms with van der Waals surface area (Å²) in [5.41, 5.74) is 6.17. The van der Waals surface area contributed by atoms with Gasteiger partial charge in [0.15, 0.2) is 5.78 Å². The lowest BCUT2D eigenvalue weighted by Gasteiger charge is -2.03. The lowest BCUT2D eigenvalue weighted by atomic mass is 10.0. The molecule has 0 aromatic heterocycles. The predicted octanol–water partition coefficient (Wildman–Crippen LogP) is 1.97. The first kappa shape index (κ1) is 11.5. The first-order valence-electron chi connectivity index (χ1n) is 4.30. The van der Waals surface area contributed by atoms with E-state index >= 15 is 0 Å². The van der Waals surface area contributed by atoms with Gasteiger partial charge >= 0.3 is 5.97 Å². The highest BCUT2D eigenvalue weighted by Crippen LogP contribution is 2.19. The Bertz CT molecular complexity index is 404. The van der Waals surface area contributed by atoms with Crippen LogP contribution in [-0.2, 0) is 4.79 Å². The Kier molecular flexibility index (Phi) is 3.68. The third-order valence-electron chi connectivity index (χ3n) is 1.88. The number of Topliss-reactive ketones (excluding diaryl/α,β-unsaturated/α-hetero) is 1. The van der Waals surface area contributed by atoms with Gasteiger partial charge in [-0.15, -0.1) is 0 Å². The molecule has 0 aliphatic carbocycles. The molecule has 1 aromatic rings. The molecule has 0 bridgehead atoms. The van der Waals surface area contributed by atoms with Crippen molar-refractivity contribution in [2.75, 3.05) is 5.73 Å². The number of carboxylic acid groups (broad SMARTS) is 1. The van der Waals surface area contributed by atoms with Crippen molar-refractivity contribution < 1.29 is 14.7 Å². The molecule has 4 nitrogen and oxygen atoms in total. The van der Waals surface area contributed by atoms with Crippen LogP contribution < -0.4 is 5.73 Å². The van der Waals surface area contributed by atoms with Crippen LogP contribution in [0.3, 0.4) is 0 Å². The van der Waals surface area contributed by atoms with Crippen LogP contribution >= 0.6 is 11.6 Å². The van der Waals surface area contributed by atoms with Gasteiger partial charge in [-0.1, -0.05) is 11.6 Å². The van der Waals surface area contributed by atoms with Crippen molar-refractivity contribution in [3.63, 3.8) is 0 Å². The standard InChI is InChI=1S/C10H10ClNO3/c11-6-1-2-8(12)7(5-6)9(13)3-4-10(14)15/h1-2,5H,3-4,12H2,(H,14,15). The number of carboxylic acids is 1. The van der Waals surface area contributed by atoms with Crippen molar-refractivity contribution in [2.45, 2.75) is 12.8 Å². The van der Waals surface area contributed by atoms with Gasteiger partial charge in [0.1, 0.15) is 0 Å². The Morgan fingerprint density at radius 3 is 2.60 bits per heavy atom. The summed E-state index contributed by atoms with van der Waals surface area (Å²) in [6.45, 7) is 0. The minimum Gasteiger partial charge on any atom is -0.481 e. The largest absolute Gasteiger partial charge is 0.481 e. The molecule has 0 radical (unpaired) electrons. The van der Waals surface area contributed by atoms with E-state index < -0.39 is 5.97 Å². The molecule has 0 unspecified atom stereocenters. The molecule has 0 aliphatic rings. The molecular weight excluding hydrogens is 218 g/mol. The molecule has 0 amide bonds. The third kappa shape index (κ3) is 3.25. The quantitative estimate of drug-likeness (QED) is 0.609. The van der Waals surface area contributed by atoms with Crippen molar-refractivity contribution in [2.24, 2.45) is 0 Å². The maximum atomic E-state index is 11.5. The highest BCUT2D eigenvalue weighted by atomic mass is 35.5. The zero-order valence-electron chi connectivity index (χ0n) is 7.87. The average Bonchev–Trinajstić information content (AvgIpc) is 2.18. The van der Waals surface area contributed by atoms with E-state index in [2.05, 4.69) is 0 Å². The van der Waals surface area contributed by atoms with Gasteiger partial charge in [-0.3, -0.25) is 9.59 Å². The molecule has 3 N–H and O–H groups in total. The van der Waals surface area contributed by atoms with Crippen molar-refractivity contribution in [3.8, 4) is 0 Å².